The number of rotatable bonds is 9. The Balaban J connectivity index is 1.22. The Hall–Kier alpha value is -2.84. The van der Waals surface area contributed by atoms with Gasteiger partial charge in [-0.25, -0.2) is 0 Å². The summed E-state index contributed by atoms with van der Waals surface area (Å²) in [4.78, 5) is 18.6. The van der Waals surface area contributed by atoms with Crippen molar-refractivity contribution in [1.29, 1.82) is 0 Å². The molecule has 1 aromatic heterocycles. The van der Waals surface area contributed by atoms with Gasteiger partial charge in [0, 0.05) is 43.7 Å². The van der Waals surface area contributed by atoms with E-state index in [9.17, 15) is 9.90 Å². The van der Waals surface area contributed by atoms with Gasteiger partial charge < -0.3 is 24.8 Å². The van der Waals surface area contributed by atoms with Crippen molar-refractivity contribution in [2.45, 2.75) is 25.0 Å². The van der Waals surface area contributed by atoms with Crippen molar-refractivity contribution in [3.63, 3.8) is 0 Å². The molecule has 1 unspecified atom stereocenters. The Morgan fingerprint density at radius 3 is 2.57 bits per heavy atom. The fourth-order valence-corrected chi connectivity index (χ4v) is 4.17. The molecule has 2 aromatic carbocycles. The van der Waals surface area contributed by atoms with Gasteiger partial charge in [0.15, 0.2) is 0 Å². The molecule has 0 bridgehead atoms. The topological polar surface area (TPSA) is 83.9 Å². The highest BCUT2D eigenvalue weighted by atomic mass is 35.5. The highest BCUT2D eigenvalue weighted by Crippen LogP contribution is 2.28. The van der Waals surface area contributed by atoms with Crippen LogP contribution >= 0.6 is 23.2 Å². The summed E-state index contributed by atoms with van der Waals surface area (Å²) in [5, 5.41) is 14.4. The summed E-state index contributed by atoms with van der Waals surface area (Å²) >= 11 is 12.0. The number of nitrogens with zero attached hydrogens (tertiary/aromatic N) is 2. The van der Waals surface area contributed by atoms with Crippen LogP contribution < -0.4 is 14.8 Å². The second kappa shape index (κ2) is 12.2. The SMILES string of the molecule is O=C(Nc1ccccc1OCC(O)CN1CCC(Oc2ccc(Cl)c(Cl)c2)CC1)c1ccncc1. The number of carbonyl (C=O) groups is 1. The van der Waals surface area contributed by atoms with Gasteiger partial charge in [-0.15, -0.1) is 0 Å². The quantitative estimate of drug-likeness (QED) is 0.420. The molecule has 184 valence electrons. The summed E-state index contributed by atoms with van der Waals surface area (Å²) in [6.07, 6.45) is 4.24. The molecule has 2 N–H and O–H groups in total. The normalized spacial score (nSPS) is 15.4. The number of para-hydroxylation sites is 2. The number of halogens is 2. The number of aliphatic hydroxyl groups is 1. The Morgan fingerprint density at radius 1 is 1.09 bits per heavy atom. The molecule has 2 heterocycles. The van der Waals surface area contributed by atoms with Crippen molar-refractivity contribution >= 4 is 34.8 Å². The average molecular weight is 516 g/mol. The van der Waals surface area contributed by atoms with Crippen molar-refractivity contribution in [3.05, 3.63) is 82.6 Å². The van der Waals surface area contributed by atoms with E-state index < -0.39 is 6.10 Å². The highest BCUT2D eigenvalue weighted by Gasteiger charge is 2.23. The molecule has 1 atom stereocenters. The van der Waals surface area contributed by atoms with Crippen LogP contribution in [0.5, 0.6) is 11.5 Å². The third kappa shape index (κ3) is 7.32. The van der Waals surface area contributed by atoms with Crippen LogP contribution in [-0.2, 0) is 0 Å². The summed E-state index contributed by atoms with van der Waals surface area (Å²) in [7, 11) is 0. The number of amides is 1. The highest BCUT2D eigenvalue weighted by molar-refractivity contribution is 6.42. The molecule has 0 saturated carbocycles. The van der Waals surface area contributed by atoms with E-state index in [0.717, 1.165) is 25.9 Å². The van der Waals surface area contributed by atoms with E-state index in [2.05, 4.69) is 15.2 Å². The molecular weight excluding hydrogens is 489 g/mol. The zero-order valence-electron chi connectivity index (χ0n) is 19.1. The number of aromatic nitrogens is 1. The molecule has 3 aromatic rings. The minimum Gasteiger partial charge on any atom is -0.490 e. The molecule has 1 aliphatic heterocycles. The molecule has 0 spiro atoms. The first-order chi connectivity index (χ1) is 17.0. The van der Waals surface area contributed by atoms with Crippen LogP contribution in [0.2, 0.25) is 10.0 Å². The molecule has 9 heteroatoms. The van der Waals surface area contributed by atoms with Gasteiger partial charge in [-0.1, -0.05) is 35.3 Å². The predicted octanol–water partition coefficient (Wildman–Crippen LogP) is 4.92. The number of piperidine rings is 1. The predicted molar refractivity (Wildman–Crippen MR) is 137 cm³/mol. The molecule has 0 radical (unpaired) electrons. The lowest BCUT2D eigenvalue weighted by molar-refractivity contribution is 0.0403. The maximum Gasteiger partial charge on any atom is 0.255 e. The van der Waals surface area contributed by atoms with Gasteiger partial charge in [0.1, 0.15) is 30.3 Å². The van der Waals surface area contributed by atoms with Gasteiger partial charge in [0.25, 0.3) is 5.91 Å². The number of carbonyl (C=O) groups excluding carboxylic acids is 1. The first-order valence-corrected chi connectivity index (χ1v) is 12.2. The van der Waals surface area contributed by atoms with Gasteiger partial charge >= 0.3 is 0 Å². The third-order valence-electron chi connectivity index (χ3n) is 5.71. The molecule has 7 nitrogen and oxygen atoms in total. The molecule has 1 amide bonds. The van der Waals surface area contributed by atoms with Crippen molar-refractivity contribution in [3.8, 4) is 11.5 Å². The maximum absolute atomic E-state index is 12.5. The minimum atomic E-state index is -0.675. The largest absolute Gasteiger partial charge is 0.490 e. The van der Waals surface area contributed by atoms with Crippen LogP contribution in [0.3, 0.4) is 0 Å². The number of hydrogen-bond acceptors (Lipinski definition) is 6. The summed E-state index contributed by atoms with van der Waals surface area (Å²) in [5.74, 6) is 0.957. The van der Waals surface area contributed by atoms with Crippen molar-refractivity contribution in [1.82, 2.24) is 9.88 Å². The number of pyridine rings is 1. The fraction of sp³-hybridized carbons (Fsp3) is 0.308. The van der Waals surface area contributed by atoms with Crippen molar-refractivity contribution < 1.29 is 19.4 Å². The lowest BCUT2D eigenvalue weighted by Crippen LogP contribution is -2.43. The first kappa shape index (κ1) is 25.3. The van der Waals surface area contributed by atoms with Crippen LogP contribution in [0.4, 0.5) is 5.69 Å². The van der Waals surface area contributed by atoms with E-state index in [-0.39, 0.29) is 18.6 Å². The van der Waals surface area contributed by atoms with Crippen LogP contribution in [0.15, 0.2) is 67.0 Å². The van der Waals surface area contributed by atoms with Gasteiger partial charge in [-0.05, 0) is 49.2 Å². The Bertz CT molecular complexity index is 1120. The molecule has 1 saturated heterocycles. The van der Waals surface area contributed by atoms with Crippen LogP contribution in [-0.4, -0.2) is 59.3 Å². The second-order valence-corrected chi connectivity index (χ2v) is 9.16. The number of anilines is 1. The summed E-state index contributed by atoms with van der Waals surface area (Å²) in [6.45, 7) is 2.22. The fourth-order valence-electron chi connectivity index (χ4n) is 3.88. The standard InChI is InChI=1S/C26H27Cl2N3O4/c27-22-6-5-21(15-23(22)28)35-20-9-13-31(14-10-20)16-19(32)17-34-25-4-2-1-3-24(25)30-26(33)18-7-11-29-12-8-18/h1-8,11-12,15,19-20,32H,9-10,13-14,16-17H2,(H,30,33). The summed E-state index contributed by atoms with van der Waals surface area (Å²) in [5.41, 5.74) is 1.04. The number of β-amino-alcohol motifs (C(OH)–C–C–N with tert-alkyl or cyclic N) is 1. The van der Waals surface area contributed by atoms with E-state index >= 15 is 0 Å². The molecule has 35 heavy (non-hydrogen) atoms. The lowest BCUT2D eigenvalue weighted by atomic mass is 10.1. The number of hydrogen-bond donors (Lipinski definition) is 2. The number of benzene rings is 2. The monoisotopic (exact) mass is 515 g/mol. The number of nitrogens with one attached hydrogen (secondary N) is 1. The molecular formula is C26H27Cl2N3O4. The zero-order valence-corrected chi connectivity index (χ0v) is 20.6. The maximum atomic E-state index is 12.5. The van der Waals surface area contributed by atoms with E-state index in [1.165, 1.54) is 0 Å². The Kier molecular flexibility index (Phi) is 8.82. The first-order valence-electron chi connectivity index (χ1n) is 11.4. The smallest absolute Gasteiger partial charge is 0.255 e. The van der Waals surface area contributed by atoms with Crippen LogP contribution in [0.1, 0.15) is 23.2 Å². The lowest BCUT2D eigenvalue weighted by Gasteiger charge is -2.33. The van der Waals surface area contributed by atoms with E-state index in [1.54, 1.807) is 48.8 Å². The number of likely N-dealkylation sites (tertiary alicyclic amines) is 1. The number of aliphatic hydroxyl groups excluding tert-OH is 1. The zero-order chi connectivity index (χ0) is 24.6. The van der Waals surface area contributed by atoms with E-state index in [4.69, 9.17) is 32.7 Å². The van der Waals surface area contributed by atoms with Crippen molar-refractivity contribution in [2.24, 2.45) is 0 Å². The second-order valence-electron chi connectivity index (χ2n) is 8.34. The van der Waals surface area contributed by atoms with E-state index in [1.807, 2.05) is 18.2 Å². The van der Waals surface area contributed by atoms with Crippen LogP contribution in [0, 0.1) is 0 Å². The van der Waals surface area contributed by atoms with Gasteiger partial charge in [-0.3, -0.25) is 9.78 Å². The van der Waals surface area contributed by atoms with Gasteiger partial charge in [0.05, 0.1) is 15.7 Å². The molecule has 4 rings (SSSR count). The summed E-state index contributed by atoms with van der Waals surface area (Å²) < 4.78 is 11.9. The van der Waals surface area contributed by atoms with Gasteiger partial charge in [-0.2, -0.15) is 0 Å². The van der Waals surface area contributed by atoms with Crippen molar-refractivity contribution in [2.75, 3.05) is 31.6 Å². The van der Waals surface area contributed by atoms with Crippen LogP contribution in [0.25, 0.3) is 0 Å². The Labute approximate surface area is 214 Å². The third-order valence-corrected chi connectivity index (χ3v) is 6.45. The number of ether oxygens (including phenoxy) is 2. The van der Waals surface area contributed by atoms with Gasteiger partial charge in [0.2, 0.25) is 0 Å². The molecule has 1 aliphatic rings. The average Bonchev–Trinajstić information content (AvgIpc) is 2.87. The molecule has 1 fully saturated rings. The Morgan fingerprint density at radius 2 is 1.83 bits per heavy atom. The summed E-state index contributed by atoms with van der Waals surface area (Å²) in [6, 6.07) is 15.7. The van der Waals surface area contributed by atoms with E-state index in [0.29, 0.717) is 39.3 Å². The minimum absolute atomic E-state index is 0.0905. The molecule has 0 aliphatic carbocycles.